The van der Waals surface area contributed by atoms with Crippen LogP contribution in [0.4, 0.5) is 8.78 Å². The number of hydrogen-bond donors (Lipinski definition) is 0. The molecule has 1 saturated heterocycles. The molecule has 0 spiro atoms. The molecule has 4 nitrogen and oxygen atoms in total. The molecule has 6 heteroatoms. The van der Waals surface area contributed by atoms with Gasteiger partial charge in [0.25, 0.3) is 5.92 Å². The molecule has 2 rings (SSSR count). The molecule has 1 aliphatic rings. The van der Waals surface area contributed by atoms with Crippen molar-refractivity contribution < 1.29 is 8.78 Å². The van der Waals surface area contributed by atoms with E-state index in [9.17, 15) is 8.78 Å². The van der Waals surface area contributed by atoms with E-state index in [2.05, 4.69) is 9.97 Å². The SMILES string of the molecule is Cc1ncc(C(C#N)N2CCC(F)(F)C2)cn1. The summed E-state index contributed by atoms with van der Waals surface area (Å²) in [5, 5.41) is 9.09. The van der Waals surface area contributed by atoms with Crippen LogP contribution in [0.25, 0.3) is 0 Å². The maximum atomic E-state index is 13.1. The molecule has 1 aromatic heterocycles. The van der Waals surface area contributed by atoms with Crippen LogP contribution in [0.3, 0.4) is 0 Å². The Morgan fingerprint density at radius 1 is 1.47 bits per heavy atom. The van der Waals surface area contributed by atoms with E-state index in [1.54, 1.807) is 6.92 Å². The van der Waals surface area contributed by atoms with Crippen LogP contribution in [-0.4, -0.2) is 33.9 Å². The van der Waals surface area contributed by atoms with Crippen molar-refractivity contribution in [3.8, 4) is 6.07 Å². The van der Waals surface area contributed by atoms with Crippen molar-refractivity contribution in [1.82, 2.24) is 14.9 Å². The molecule has 1 fully saturated rings. The zero-order valence-electron chi connectivity index (χ0n) is 9.40. The molecule has 17 heavy (non-hydrogen) atoms. The first-order valence-corrected chi connectivity index (χ1v) is 5.32. The second-order valence-electron chi connectivity index (χ2n) is 4.17. The van der Waals surface area contributed by atoms with Crippen molar-refractivity contribution in [2.24, 2.45) is 0 Å². The van der Waals surface area contributed by atoms with Gasteiger partial charge in [0.05, 0.1) is 12.6 Å². The van der Waals surface area contributed by atoms with E-state index in [1.807, 2.05) is 6.07 Å². The van der Waals surface area contributed by atoms with Gasteiger partial charge >= 0.3 is 0 Å². The van der Waals surface area contributed by atoms with E-state index in [1.165, 1.54) is 17.3 Å². The standard InChI is InChI=1S/C11H12F2N4/c1-8-15-5-9(6-16-8)10(4-14)17-3-2-11(12,13)7-17/h5-6,10H,2-3,7H2,1H3. The Morgan fingerprint density at radius 2 is 2.12 bits per heavy atom. The van der Waals surface area contributed by atoms with Gasteiger partial charge < -0.3 is 0 Å². The Hall–Kier alpha value is -1.61. The Kier molecular flexibility index (Phi) is 3.03. The summed E-state index contributed by atoms with van der Waals surface area (Å²) in [5.41, 5.74) is 0.566. The summed E-state index contributed by atoms with van der Waals surface area (Å²) in [6, 6.07) is 1.34. The highest BCUT2D eigenvalue weighted by Crippen LogP contribution is 2.32. The summed E-state index contributed by atoms with van der Waals surface area (Å²) in [7, 11) is 0. The Labute approximate surface area is 97.9 Å². The fourth-order valence-electron chi connectivity index (χ4n) is 1.89. The van der Waals surface area contributed by atoms with Crippen LogP contribution in [0.5, 0.6) is 0 Å². The monoisotopic (exact) mass is 238 g/mol. The van der Waals surface area contributed by atoms with Gasteiger partial charge in [-0.15, -0.1) is 0 Å². The van der Waals surface area contributed by atoms with Crippen LogP contribution in [-0.2, 0) is 0 Å². The van der Waals surface area contributed by atoms with Gasteiger partial charge in [-0.25, -0.2) is 18.7 Å². The average Bonchev–Trinajstić information content (AvgIpc) is 2.63. The lowest BCUT2D eigenvalue weighted by molar-refractivity contribution is 0.00986. The highest BCUT2D eigenvalue weighted by Gasteiger charge is 2.41. The van der Waals surface area contributed by atoms with E-state index in [0.29, 0.717) is 11.4 Å². The van der Waals surface area contributed by atoms with Crippen molar-refractivity contribution in [3.63, 3.8) is 0 Å². The molecule has 0 aromatic carbocycles. The molecule has 1 atom stereocenters. The number of likely N-dealkylation sites (tertiary alicyclic amines) is 1. The number of hydrogen-bond acceptors (Lipinski definition) is 4. The number of alkyl halides is 2. The normalized spacial score (nSPS) is 21.1. The molecule has 0 N–H and O–H groups in total. The van der Waals surface area contributed by atoms with Gasteiger partial charge in [0.2, 0.25) is 0 Å². The second-order valence-corrected chi connectivity index (χ2v) is 4.17. The van der Waals surface area contributed by atoms with E-state index in [-0.39, 0.29) is 19.5 Å². The predicted octanol–water partition coefficient (Wildman–Crippen LogP) is 1.69. The maximum absolute atomic E-state index is 13.1. The van der Waals surface area contributed by atoms with E-state index >= 15 is 0 Å². The predicted molar refractivity (Wildman–Crippen MR) is 56.3 cm³/mol. The molecule has 0 bridgehead atoms. The summed E-state index contributed by atoms with van der Waals surface area (Å²) in [5.74, 6) is -2.10. The highest BCUT2D eigenvalue weighted by atomic mass is 19.3. The van der Waals surface area contributed by atoms with Crippen molar-refractivity contribution in [1.29, 1.82) is 5.26 Å². The lowest BCUT2D eigenvalue weighted by Gasteiger charge is -2.21. The Morgan fingerprint density at radius 3 is 2.59 bits per heavy atom. The van der Waals surface area contributed by atoms with E-state index in [4.69, 9.17) is 5.26 Å². The molecule has 1 aromatic rings. The third-order valence-corrected chi connectivity index (χ3v) is 2.80. The van der Waals surface area contributed by atoms with Gasteiger partial charge in [0.15, 0.2) is 0 Å². The molecule has 0 saturated carbocycles. The van der Waals surface area contributed by atoms with E-state index in [0.717, 1.165) is 0 Å². The summed E-state index contributed by atoms with van der Waals surface area (Å²) >= 11 is 0. The lowest BCUT2D eigenvalue weighted by Crippen LogP contribution is -2.29. The number of rotatable bonds is 2. The number of nitrogens with zero attached hydrogens (tertiary/aromatic N) is 4. The number of halogens is 2. The molecule has 0 aliphatic carbocycles. The van der Waals surface area contributed by atoms with Gasteiger partial charge in [0, 0.05) is 30.9 Å². The maximum Gasteiger partial charge on any atom is 0.261 e. The number of nitriles is 1. The van der Waals surface area contributed by atoms with Crippen molar-refractivity contribution in [3.05, 3.63) is 23.8 Å². The molecular weight excluding hydrogens is 226 g/mol. The summed E-state index contributed by atoms with van der Waals surface area (Å²) in [4.78, 5) is 9.42. The minimum absolute atomic E-state index is 0.197. The van der Waals surface area contributed by atoms with Crippen molar-refractivity contribution in [2.45, 2.75) is 25.3 Å². The van der Waals surface area contributed by atoms with Crippen LogP contribution in [0.1, 0.15) is 23.9 Å². The quantitative estimate of drug-likeness (QED) is 0.786. The topological polar surface area (TPSA) is 52.8 Å². The van der Waals surface area contributed by atoms with Crippen molar-refractivity contribution in [2.75, 3.05) is 13.1 Å². The third kappa shape index (κ3) is 2.56. The smallest absolute Gasteiger partial charge is 0.261 e. The van der Waals surface area contributed by atoms with Crippen LogP contribution in [0, 0.1) is 18.3 Å². The average molecular weight is 238 g/mol. The van der Waals surface area contributed by atoms with Crippen LogP contribution < -0.4 is 0 Å². The van der Waals surface area contributed by atoms with Crippen molar-refractivity contribution >= 4 is 0 Å². The van der Waals surface area contributed by atoms with Gasteiger partial charge in [-0.2, -0.15) is 5.26 Å². The zero-order valence-corrected chi connectivity index (χ0v) is 9.40. The number of aromatic nitrogens is 2. The zero-order chi connectivity index (χ0) is 12.5. The first-order chi connectivity index (χ1) is 8.02. The van der Waals surface area contributed by atoms with Gasteiger partial charge in [-0.3, -0.25) is 4.90 Å². The molecule has 2 heterocycles. The number of aryl methyl sites for hydroxylation is 1. The fraction of sp³-hybridized carbons (Fsp3) is 0.545. The summed E-state index contributed by atoms with van der Waals surface area (Å²) in [6.07, 6.45) is 2.84. The fourth-order valence-corrected chi connectivity index (χ4v) is 1.89. The molecule has 90 valence electrons. The summed E-state index contributed by atoms with van der Waals surface area (Å²) in [6.45, 7) is 1.58. The van der Waals surface area contributed by atoms with E-state index < -0.39 is 12.0 Å². The molecule has 1 aliphatic heterocycles. The Bertz CT molecular complexity index is 438. The first kappa shape index (κ1) is 11.9. The van der Waals surface area contributed by atoms with Crippen LogP contribution >= 0.6 is 0 Å². The minimum atomic E-state index is -2.69. The second kappa shape index (κ2) is 4.34. The highest BCUT2D eigenvalue weighted by molar-refractivity contribution is 5.19. The van der Waals surface area contributed by atoms with Gasteiger partial charge in [-0.1, -0.05) is 0 Å². The van der Waals surface area contributed by atoms with Crippen LogP contribution in [0.15, 0.2) is 12.4 Å². The molecule has 1 unspecified atom stereocenters. The summed E-state index contributed by atoms with van der Waals surface area (Å²) < 4.78 is 26.2. The lowest BCUT2D eigenvalue weighted by atomic mass is 10.1. The minimum Gasteiger partial charge on any atom is -0.278 e. The van der Waals surface area contributed by atoms with Gasteiger partial charge in [-0.05, 0) is 6.92 Å². The van der Waals surface area contributed by atoms with Crippen LogP contribution in [0.2, 0.25) is 0 Å². The molecule has 0 amide bonds. The largest absolute Gasteiger partial charge is 0.278 e. The van der Waals surface area contributed by atoms with Gasteiger partial charge in [0.1, 0.15) is 11.9 Å². The third-order valence-electron chi connectivity index (χ3n) is 2.80. The first-order valence-electron chi connectivity index (χ1n) is 5.32. The molecule has 0 radical (unpaired) electrons. The Balaban J connectivity index is 2.18. The molecular formula is C11H12F2N4.